The summed E-state index contributed by atoms with van der Waals surface area (Å²) in [6.07, 6.45) is 3.73. The van der Waals surface area contributed by atoms with Crippen molar-refractivity contribution in [3.8, 4) is 5.75 Å². The number of ether oxygens (including phenoxy) is 1. The van der Waals surface area contributed by atoms with Gasteiger partial charge in [0.25, 0.3) is 0 Å². The highest BCUT2D eigenvalue weighted by molar-refractivity contribution is 9.10. The summed E-state index contributed by atoms with van der Waals surface area (Å²) in [4.78, 5) is 2.50. The quantitative estimate of drug-likeness (QED) is 0.792. The van der Waals surface area contributed by atoms with Crippen molar-refractivity contribution in [3.05, 3.63) is 58.1 Å². The Hall–Kier alpha value is -1.48. The predicted octanol–water partition coefficient (Wildman–Crippen LogP) is 4.80. The Morgan fingerprint density at radius 1 is 1.14 bits per heavy atom. The van der Waals surface area contributed by atoms with Crippen LogP contribution in [-0.2, 0) is 13.0 Å². The molecule has 0 atom stereocenters. The first-order valence-electron chi connectivity index (χ1n) is 7.43. The Bertz CT molecular complexity index is 626. The van der Waals surface area contributed by atoms with Crippen LogP contribution in [0.1, 0.15) is 24.0 Å². The molecular formula is C18H20BrNO. The van der Waals surface area contributed by atoms with E-state index in [1.165, 1.54) is 36.1 Å². The fraction of sp³-hybridized carbons (Fsp3) is 0.333. The lowest BCUT2D eigenvalue weighted by atomic mass is 10.1. The Labute approximate surface area is 134 Å². The van der Waals surface area contributed by atoms with Gasteiger partial charge in [-0.2, -0.15) is 0 Å². The van der Waals surface area contributed by atoms with Crippen molar-refractivity contribution in [3.63, 3.8) is 0 Å². The molecule has 1 heterocycles. The molecule has 0 saturated heterocycles. The van der Waals surface area contributed by atoms with Crippen LogP contribution in [0.5, 0.6) is 5.75 Å². The summed E-state index contributed by atoms with van der Waals surface area (Å²) in [7, 11) is 1.70. The molecule has 3 rings (SSSR count). The van der Waals surface area contributed by atoms with Gasteiger partial charge in [-0.15, -0.1) is 0 Å². The minimum absolute atomic E-state index is 0.884. The van der Waals surface area contributed by atoms with Crippen molar-refractivity contribution in [2.24, 2.45) is 0 Å². The van der Waals surface area contributed by atoms with Crippen molar-refractivity contribution < 1.29 is 4.74 Å². The van der Waals surface area contributed by atoms with E-state index in [0.29, 0.717) is 0 Å². The molecule has 2 aromatic rings. The second-order valence-corrected chi connectivity index (χ2v) is 6.33. The molecule has 1 aliphatic heterocycles. The molecule has 1 aliphatic rings. The highest BCUT2D eigenvalue weighted by Crippen LogP contribution is 2.30. The maximum absolute atomic E-state index is 5.31. The average molecular weight is 346 g/mol. The standard InChI is InChI=1S/C18H20BrNO/c1-21-18-10-9-14(12-16(18)19)13-20-11-5-4-7-15-6-2-3-8-17(15)20/h2-3,6,8-10,12H,4-5,7,11,13H2,1H3. The first kappa shape index (κ1) is 14.5. The molecule has 0 fully saturated rings. The second-order valence-electron chi connectivity index (χ2n) is 5.48. The molecule has 0 bridgehead atoms. The van der Waals surface area contributed by atoms with Crippen molar-refractivity contribution in [2.45, 2.75) is 25.8 Å². The fourth-order valence-electron chi connectivity index (χ4n) is 2.96. The first-order valence-corrected chi connectivity index (χ1v) is 8.22. The largest absolute Gasteiger partial charge is 0.496 e. The van der Waals surface area contributed by atoms with Crippen LogP contribution in [-0.4, -0.2) is 13.7 Å². The van der Waals surface area contributed by atoms with Crippen molar-refractivity contribution in [2.75, 3.05) is 18.6 Å². The van der Waals surface area contributed by atoms with Gasteiger partial charge in [-0.1, -0.05) is 24.3 Å². The lowest BCUT2D eigenvalue weighted by Crippen LogP contribution is -2.23. The van der Waals surface area contributed by atoms with Crippen LogP contribution in [0.3, 0.4) is 0 Å². The van der Waals surface area contributed by atoms with E-state index < -0.39 is 0 Å². The summed E-state index contributed by atoms with van der Waals surface area (Å²) < 4.78 is 6.32. The number of aryl methyl sites for hydroxylation is 1. The van der Waals surface area contributed by atoms with Crippen LogP contribution in [0.2, 0.25) is 0 Å². The number of hydrogen-bond acceptors (Lipinski definition) is 2. The third kappa shape index (κ3) is 3.24. The van der Waals surface area contributed by atoms with Crippen LogP contribution in [0.4, 0.5) is 5.69 Å². The fourth-order valence-corrected chi connectivity index (χ4v) is 3.55. The van der Waals surface area contributed by atoms with E-state index in [2.05, 4.69) is 57.2 Å². The van der Waals surface area contributed by atoms with Crippen LogP contribution < -0.4 is 9.64 Å². The first-order chi connectivity index (χ1) is 10.3. The van der Waals surface area contributed by atoms with Crippen LogP contribution in [0, 0.1) is 0 Å². The van der Waals surface area contributed by atoms with E-state index in [4.69, 9.17) is 4.74 Å². The molecule has 21 heavy (non-hydrogen) atoms. The van der Waals surface area contributed by atoms with Crippen LogP contribution >= 0.6 is 15.9 Å². The van der Waals surface area contributed by atoms with Gasteiger partial charge in [0.1, 0.15) is 5.75 Å². The Morgan fingerprint density at radius 3 is 2.81 bits per heavy atom. The highest BCUT2D eigenvalue weighted by atomic mass is 79.9. The molecule has 110 valence electrons. The molecule has 3 heteroatoms. The number of halogens is 1. The van der Waals surface area contributed by atoms with E-state index in [9.17, 15) is 0 Å². The number of nitrogens with zero attached hydrogens (tertiary/aromatic N) is 1. The lowest BCUT2D eigenvalue weighted by Gasteiger charge is -2.25. The summed E-state index contributed by atoms with van der Waals surface area (Å²) in [5.41, 5.74) is 4.17. The zero-order valence-corrected chi connectivity index (χ0v) is 13.9. The van der Waals surface area contributed by atoms with E-state index in [-0.39, 0.29) is 0 Å². The van der Waals surface area contributed by atoms with Gasteiger partial charge in [0, 0.05) is 18.8 Å². The van der Waals surface area contributed by atoms with E-state index >= 15 is 0 Å². The van der Waals surface area contributed by atoms with Gasteiger partial charge < -0.3 is 9.64 Å². The Balaban J connectivity index is 1.86. The lowest BCUT2D eigenvalue weighted by molar-refractivity contribution is 0.412. The monoisotopic (exact) mass is 345 g/mol. The third-order valence-corrected chi connectivity index (χ3v) is 4.67. The summed E-state index contributed by atoms with van der Waals surface area (Å²) in [5, 5.41) is 0. The maximum atomic E-state index is 5.31. The summed E-state index contributed by atoms with van der Waals surface area (Å²) in [6, 6.07) is 15.1. The Morgan fingerprint density at radius 2 is 2.00 bits per heavy atom. The zero-order valence-electron chi connectivity index (χ0n) is 12.3. The van der Waals surface area contributed by atoms with Crippen molar-refractivity contribution in [1.29, 1.82) is 0 Å². The van der Waals surface area contributed by atoms with Gasteiger partial charge >= 0.3 is 0 Å². The van der Waals surface area contributed by atoms with Crippen molar-refractivity contribution >= 4 is 21.6 Å². The van der Waals surface area contributed by atoms with Crippen molar-refractivity contribution in [1.82, 2.24) is 0 Å². The predicted molar refractivity (Wildman–Crippen MR) is 91.1 cm³/mol. The van der Waals surface area contributed by atoms with Gasteiger partial charge in [0.05, 0.1) is 11.6 Å². The number of hydrogen-bond donors (Lipinski definition) is 0. The minimum Gasteiger partial charge on any atom is -0.496 e. The molecule has 0 unspecified atom stereocenters. The van der Waals surface area contributed by atoms with Crippen LogP contribution in [0.15, 0.2) is 46.9 Å². The number of anilines is 1. The van der Waals surface area contributed by atoms with Gasteiger partial charge in [0.2, 0.25) is 0 Å². The molecular weight excluding hydrogens is 326 g/mol. The smallest absolute Gasteiger partial charge is 0.133 e. The molecule has 0 aromatic heterocycles. The molecule has 0 amide bonds. The maximum Gasteiger partial charge on any atom is 0.133 e. The van der Waals surface area contributed by atoms with E-state index in [1.54, 1.807) is 7.11 Å². The number of fused-ring (bicyclic) bond motifs is 1. The van der Waals surface area contributed by atoms with Gasteiger partial charge in [-0.3, -0.25) is 0 Å². The van der Waals surface area contributed by atoms with Gasteiger partial charge in [0.15, 0.2) is 0 Å². The normalized spacial score (nSPS) is 14.5. The molecule has 0 aliphatic carbocycles. The number of rotatable bonds is 3. The molecule has 0 radical (unpaired) electrons. The number of para-hydroxylation sites is 1. The average Bonchev–Trinajstić information content (AvgIpc) is 2.70. The Kier molecular flexibility index (Phi) is 4.49. The molecule has 2 nitrogen and oxygen atoms in total. The number of benzene rings is 2. The highest BCUT2D eigenvalue weighted by Gasteiger charge is 2.15. The van der Waals surface area contributed by atoms with Gasteiger partial charge in [-0.25, -0.2) is 0 Å². The van der Waals surface area contributed by atoms with E-state index in [1.807, 2.05) is 6.07 Å². The summed E-state index contributed by atoms with van der Waals surface area (Å²) in [6.45, 7) is 2.07. The molecule has 0 spiro atoms. The van der Waals surface area contributed by atoms with Gasteiger partial charge in [-0.05, 0) is 64.5 Å². The third-order valence-electron chi connectivity index (χ3n) is 4.05. The second kappa shape index (κ2) is 6.52. The molecule has 2 aromatic carbocycles. The minimum atomic E-state index is 0.884. The molecule has 0 saturated carbocycles. The van der Waals surface area contributed by atoms with Crippen LogP contribution in [0.25, 0.3) is 0 Å². The van der Waals surface area contributed by atoms with E-state index in [0.717, 1.165) is 23.3 Å². The molecule has 0 N–H and O–H groups in total. The number of methoxy groups -OCH3 is 1. The zero-order chi connectivity index (χ0) is 14.7. The topological polar surface area (TPSA) is 12.5 Å². The SMILES string of the molecule is COc1ccc(CN2CCCCc3ccccc32)cc1Br. The summed E-state index contributed by atoms with van der Waals surface area (Å²) in [5.74, 6) is 0.884. The summed E-state index contributed by atoms with van der Waals surface area (Å²) >= 11 is 3.58.